The fourth-order valence-electron chi connectivity index (χ4n) is 1.96. The lowest BCUT2D eigenvalue weighted by Gasteiger charge is -2.32. The maximum absolute atomic E-state index is 12.6. The first-order chi connectivity index (χ1) is 10.0. The molecule has 2 amide bonds. The SMILES string of the molecule is COC(=O)CN1SCC(NC(=O)OC(C)(C)C)(C(C)C)C1=O. The largest absolute Gasteiger partial charge is 0.468 e. The van der Waals surface area contributed by atoms with E-state index in [1.165, 1.54) is 23.4 Å². The third-order valence-corrected chi connectivity index (χ3v) is 4.46. The molecule has 0 bridgehead atoms. The van der Waals surface area contributed by atoms with Crippen LogP contribution >= 0.6 is 11.9 Å². The lowest BCUT2D eigenvalue weighted by atomic mass is 9.87. The molecule has 1 N–H and O–H groups in total. The van der Waals surface area contributed by atoms with Crippen LogP contribution in [-0.2, 0) is 19.1 Å². The van der Waals surface area contributed by atoms with E-state index in [-0.39, 0.29) is 18.4 Å². The van der Waals surface area contributed by atoms with Gasteiger partial charge in [-0.2, -0.15) is 0 Å². The van der Waals surface area contributed by atoms with Gasteiger partial charge in [-0.15, -0.1) is 0 Å². The summed E-state index contributed by atoms with van der Waals surface area (Å²) < 4.78 is 11.1. The van der Waals surface area contributed by atoms with Crippen molar-refractivity contribution in [2.75, 3.05) is 19.4 Å². The van der Waals surface area contributed by atoms with Crippen molar-refractivity contribution in [2.45, 2.75) is 45.8 Å². The van der Waals surface area contributed by atoms with E-state index >= 15 is 0 Å². The summed E-state index contributed by atoms with van der Waals surface area (Å²) in [5, 5.41) is 2.69. The van der Waals surface area contributed by atoms with E-state index in [0.717, 1.165) is 0 Å². The molecule has 0 spiro atoms. The van der Waals surface area contributed by atoms with Gasteiger partial charge in [0.2, 0.25) is 0 Å². The number of nitrogens with one attached hydrogen (secondary N) is 1. The maximum Gasteiger partial charge on any atom is 0.408 e. The van der Waals surface area contributed by atoms with Gasteiger partial charge in [-0.25, -0.2) is 4.79 Å². The van der Waals surface area contributed by atoms with E-state index in [0.29, 0.717) is 5.75 Å². The summed E-state index contributed by atoms with van der Waals surface area (Å²) in [6.07, 6.45) is -0.643. The highest BCUT2D eigenvalue weighted by Crippen LogP contribution is 2.35. The summed E-state index contributed by atoms with van der Waals surface area (Å²) in [7, 11) is 1.27. The van der Waals surface area contributed by atoms with Crippen LogP contribution in [0.25, 0.3) is 0 Å². The van der Waals surface area contributed by atoms with Crippen molar-refractivity contribution in [3.8, 4) is 0 Å². The number of carbonyl (C=O) groups is 3. The normalized spacial score (nSPS) is 22.0. The standard InChI is InChI=1S/C14H24N2O5S/c1-9(2)14(15-12(19)21-13(3,4)5)8-22-16(11(14)18)7-10(17)20-6/h9H,7-8H2,1-6H3,(H,15,19). The molecule has 8 heteroatoms. The lowest BCUT2D eigenvalue weighted by Crippen LogP contribution is -2.60. The molecule has 0 aromatic carbocycles. The average Bonchev–Trinajstić information content (AvgIpc) is 2.66. The van der Waals surface area contributed by atoms with Crippen LogP contribution in [0.1, 0.15) is 34.6 Å². The zero-order valence-electron chi connectivity index (χ0n) is 13.9. The van der Waals surface area contributed by atoms with Crippen molar-refractivity contribution in [1.29, 1.82) is 0 Å². The smallest absolute Gasteiger partial charge is 0.408 e. The summed E-state index contributed by atoms with van der Waals surface area (Å²) in [5.74, 6) is -0.621. The Labute approximate surface area is 135 Å². The van der Waals surface area contributed by atoms with Gasteiger partial charge in [0.15, 0.2) is 0 Å². The van der Waals surface area contributed by atoms with Crippen LogP contribution in [0.4, 0.5) is 4.79 Å². The minimum absolute atomic E-state index is 0.148. The maximum atomic E-state index is 12.6. The summed E-state index contributed by atoms with van der Waals surface area (Å²) in [6, 6.07) is 0. The van der Waals surface area contributed by atoms with Crippen LogP contribution in [0, 0.1) is 5.92 Å². The monoisotopic (exact) mass is 332 g/mol. The molecular formula is C14H24N2O5S. The number of esters is 1. The van der Waals surface area contributed by atoms with Gasteiger partial charge in [0, 0.05) is 5.75 Å². The number of carbonyl (C=O) groups excluding carboxylic acids is 3. The highest BCUT2D eigenvalue weighted by Gasteiger charge is 2.52. The molecule has 1 heterocycles. The van der Waals surface area contributed by atoms with E-state index in [1.54, 1.807) is 20.8 Å². The molecule has 0 radical (unpaired) electrons. The highest BCUT2D eigenvalue weighted by atomic mass is 32.2. The third kappa shape index (κ3) is 4.28. The van der Waals surface area contributed by atoms with Crippen molar-refractivity contribution in [2.24, 2.45) is 5.92 Å². The first kappa shape index (κ1) is 18.6. The molecule has 1 aliphatic rings. The fourth-order valence-corrected chi connectivity index (χ4v) is 3.32. The van der Waals surface area contributed by atoms with Crippen molar-refractivity contribution in [3.63, 3.8) is 0 Å². The molecule has 0 aromatic heterocycles. The molecule has 1 saturated heterocycles. The van der Waals surface area contributed by atoms with Crippen LogP contribution in [0.5, 0.6) is 0 Å². The van der Waals surface area contributed by atoms with E-state index in [1.807, 2.05) is 13.8 Å². The zero-order valence-corrected chi connectivity index (χ0v) is 14.7. The first-order valence-electron chi connectivity index (χ1n) is 7.04. The highest BCUT2D eigenvalue weighted by molar-refractivity contribution is 7.98. The lowest BCUT2D eigenvalue weighted by molar-refractivity contribution is -0.145. The van der Waals surface area contributed by atoms with Crippen molar-refractivity contribution in [1.82, 2.24) is 9.62 Å². The molecule has 1 atom stereocenters. The molecular weight excluding hydrogens is 308 g/mol. The average molecular weight is 332 g/mol. The molecule has 1 unspecified atom stereocenters. The summed E-state index contributed by atoms with van der Waals surface area (Å²) in [5.41, 5.74) is -1.73. The second-order valence-electron chi connectivity index (χ2n) is 6.44. The number of methoxy groups -OCH3 is 1. The van der Waals surface area contributed by atoms with Crippen LogP contribution < -0.4 is 5.32 Å². The van der Waals surface area contributed by atoms with Crippen LogP contribution in [-0.4, -0.2) is 52.8 Å². The number of hydrogen-bond donors (Lipinski definition) is 1. The number of alkyl carbamates (subject to hydrolysis) is 1. The molecule has 1 aliphatic heterocycles. The second-order valence-corrected chi connectivity index (χ2v) is 7.43. The van der Waals surface area contributed by atoms with Crippen LogP contribution in [0.3, 0.4) is 0 Å². The van der Waals surface area contributed by atoms with Gasteiger partial charge >= 0.3 is 12.1 Å². The van der Waals surface area contributed by atoms with Crippen LogP contribution in [0.15, 0.2) is 0 Å². The van der Waals surface area contributed by atoms with E-state index in [2.05, 4.69) is 10.1 Å². The quantitative estimate of drug-likeness (QED) is 0.621. The van der Waals surface area contributed by atoms with Gasteiger partial charge in [-0.05, 0) is 38.6 Å². The fraction of sp³-hybridized carbons (Fsp3) is 0.786. The van der Waals surface area contributed by atoms with Crippen molar-refractivity contribution in [3.05, 3.63) is 0 Å². The first-order valence-corrected chi connectivity index (χ1v) is 7.99. The molecule has 0 aromatic rings. The Morgan fingerprint density at radius 1 is 1.41 bits per heavy atom. The molecule has 1 rings (SSSR count). The summed E-state index contributed by atoms with van der Waals surface area (Å²) in [4.78, 5) is 36.1. The minimum atomic E-state index is -1.08. The van der Waals surface area contributed by atoms with Crippen LogP contribution in [0.2, 0.25) is 0 Å². The number of amides is 2. The predicted molar refractivity (Wildman–Crippen MR) is 83.1 cm³/mol. The van der Waals surface area contributed by atoms with Gasteiger partial charge in [0.05, 0.1) is 7.11 Å². The Hall–Kier alpha value is -1.44. The Bertz CT molecular complexity index is 461. The molecule has 7 nitrogen and oxygen atoms in total. The number of rotatable bonds is 4. The molecule has 22 heavy (non-hydrogen) atoms. The molecule has 0 aliphatic carbocycles. The predicted octanol–water partition coefficient (Wildman–Crippen LogP) is 1.57. The Morgan fingerprint density at radius 2 is 2.00 bits per heavy atom. The second kappa shape index (κ2) is 6.76. The third-order valence-electron chi connectivity index (χ3n) is 3.27. The van der Waals surface area contributed by atoms with Gasteiger partial charge in [0.25, 0.3) is 5.91 Å². The number of ether oxygens (including phenoxy) is 2. The topological polar surface area (TPSA) is 84.9 Å². The van der Waals surface area contributed by atoms with E-state index < -0.39 is 23.2 Å². The Balaban J connectivity index is 2.87. The Kier molecular flexibility index (Phi) is 5.72. The molecule has 126 valence electrons. The van der Waals surface area contributed by atoms with E-state index in [4.69, 9.17) is 4.74 Å². The zero-order chi connectivity index (χ0) is 17.1. The Morgan fingerprint density at radius 3 is 2.45 bits per heavy atom. The summed E-state index contributed by atoms with van der Waals surface area (Å²) in [6.45, 7) is 8.80. The van der Waals surface area contributed by atoms with Crippen molar-refractivity contribution < 1.29 is 23.9 Å². The summed E-state index contributed by atoms with van der Waals surface area (Å²) >= 11 is 1.20. The van der Waals surface area contributed by atoms with E-state index in [9.17, 15) is 14.4 Å². The van der Waals surface area contributed by atoms with Gasteiger partial charge < -0.3 is 14.8 Å². The number of hydrogen-bond acceptors (Lipinski definition) is 6. The molecule has 1 fully saturated rings. The van der Waals surface area contributed by atoms with Crippen molar-refractivity contribution >= 4 is 29.9 Å². The van der Waals surface area contributed by atoms with Gasteiger partial charge in [-0.1, -0.05) is 13.8 Å². The van der Waals surface area contributed by atoms with Gasteiger partial charge in [-0.3, -0.25) is 13.9 Å². The minimum Gasteiger partial charge on any atom is -0.468 e. The molecule has 0 saturated carbocycles. The number of nitrogens with zero attached hydrogens (tertiary/aromatic N) is 1. The van der Waals surface area contributed by atoms with Gasteiger partial charge in [0.1, 0.15) is 17.7 Å².